The minimum atomic E-state index is -0.810. The number of hydrogen-bond donors (Lipinski definition) is 2. The number of esters is 2. The molecule has 0 aliphatic heterocycles. The quantitative estimate of drug-likeness (QED) is 0.0286. The van der Waals surface area contributed by atoms with E-state index in [4.69, 9.17) is 9.47 Å². The first-order valence-electron chi connectivity index (χ1n) is 21.3. The van der Waals surface area contributed by atoms with Crippen LogP contribution in [0.2, 0.25) is 0 Å². The monoisotopic (exact) mass is 717 g/mol. The van der Waals surface area contributed by atoms with Crippen LogP contribution in [0.5, 0.6) is 0 Å². The largest absolute Gasteiger partial charge is 0.462 e. The summed E-state index contributed by atoms with van der Waals surface area (Å²) in [5, 5.41) is 19.5. The van der Waals surface area contributed by atoms with Gasteiger partial charge in [-0.15, -0.1) is 0 Å². The predicted molar refractivity (Wildman–Crippen MR) is 216 cm³/mol. The topological polar surface area (TPSA) is 93.1 Å². The van der Waals surface area contributed by atoms with Crippen molar-refractivity contribution in [1.82, 2.24) is 0 Å². The van der Waals surface area contributed by atoms with Crippen molar-refractivity contribution in [3.8, 4) is 0 Å². The number of carbonyl (C=O) groups is 2. The van der Waals surface area contributed by atoms with Crippen LogP contribution in [0.1, 0.15) is 200 Å². The summed E-state index contributed by atoms with van der Waals surface area (Å²) in [6.45, 7) is 4.00. The molecule has 0 spiro atoms. The lowest BCUT2D eigenvalue weighted by Crippen LogP contribution is -2.28. The molecule has 6 nitrogen and oxygen atoms in total. The second-order valence-electron chi connectivity index (χ2n) is 14.3. The summed E-state index contributed by atoms with van der Waals surface area (Å²) in [4.78, 5) is 24.3. The molecule has 6 heteroatoms. The number of hydrogen-bond acceptors (Lipinski definition) is 6. The molecule has 2 N–H and O–H groups in total. The maximum Gasteiger partial charge on any atom is 0.306 e. The zero-order valence-corrected chi connectivity index (χ0v) is 33.2. The fourth-order valence-electron chi connectivity index (χ4n) is 5.93. The van der Waals surface area contributed by atoms with E-state index in [9.17, 15) is 19.8 Å². The highest BCUT2D eigenvalue weighted by Crippen LogP contribution is 2.15. The van der Waals surface area contributed by atoms with Crippen LogP contribution in [-0.2, 0) is 19.1 Å². The zero-order chi connectivity index (χ0) is 37.3. The molecule has 51 heavy (non-hydrogen) atoms. The third kappa shape index (κ3) is 38.9. The number of ether oxygens (including phenoxy) is 2. The van der Waals surface area contributed by atoms with Crippen LogP contribution in [-0.4, -0.2) is 47.6 Å². The number of carbonyl (C=O) groups excluding carboxylic acids is 2. The Bertz CT molecular complexity index is 876. The number of aliphatic hydroxyl groups excluding tert-OH is 2. The lowest BCUT2D eigenvalue weighted by Gasteiger charge is -2.15. The van der Waals surface area contributed by atoms with E-state index in [1.807, 2.05) is 30.4 Å². The van der Waals surface area contributed by atoms with Gasteiger partial charge in [0.05, 0.1) is 12.7 Å². The Morgan fingerprint density at radius 3 is 1.61 bits per heavy atom. The van der Waals surface area contributed by atoms with Crippen LogP contribution in [0.25, 0.3) is 0 Å². The smallest absolute Gasteiger partial charge is 0.306 e. The molecule has 0 heterocycles. The van der Waals surface area contributed by atoms with Gasteiger partial charge in [-0.3, -0.25) is 9.59 Å². The van der Waals surface area contributed by atoms with Gasteiger partial charge in [-0.05, 0) is 44.9 Å². The number of unbranched alkanes of at least 4 members (excludes halogenated alkanes) is 22. The van der Waals surface area contributed by atoms with E-state index in [1.165, 1.54) is 122 Å². The fourth-order valence-corrected chi connectivity index (χ4v) is 5.93. The molecule has 0 aromatic carbocycles. The number of allylic oxidation sites excluding steroid dienone is 6. The normalized spacial score (nSPS) is 13.3. The van der Waals surface area contributed by atoms with Crippen molar-refractivity contribution >= 4 is 11.9 Å². The summed E-state index contributed by atoms with van der Waals surface area (Å²) >= 11 is 0. The molecule has 0 radical (unpaired) electrons. The van der Waals surface area contributed by atoms with Gasteiger partial charge in [0.15, 0.2) is 6.10 Å². The van der Waals surface area contributed by atoms with Gasteiger partial charge < -0.3 is 19.7 Å². The fraction of sp³-hybridized carbons (Fsp3) is 0.778. The third-order valence-electron chi connectivity index (χ3n) is 9.21. The van der Waals surface area contributed by atoms with E-state index < -0.39 is 12.2 Å². The molecule has 0 aromatic rings. The highest BCUT2D eigenvalue weighted by atomic mass is 16.6. The van der Waals surface area contributed by atoms with E-state index in [0.717, 1.165) is 38.5 Å². The maximum atomic E-state index is 12.2. The summed E-state index contributed by atoms with van der Waals surface area (Å²) in [6.07, 6.45) is 47.8. The Morgan fingerprint density at radius 1 is 0.549 bits per heavy atom. The highest BCUT2D eigenvalue weighted by molar-refractivity contribution is 5.70. The molecule has 0 aromatic heterocycles. The summed E-state index contributed by atoms with van der Waals surface area (Å²) in [5.74, 6) is -0.690. The zero-order valence-electron chi connectivity index (χ0n) is 33.2. The molecule has 0 saturated carbocycles. The summed E-state index contributed by atoms with van der Waals surface area (Å²) in [5.41, 5.74) is 0. The van der Waals surface area contributed by atoms with Crippen molar-refractivity contribution in [3.05, 3.63) is 48.6 Å². The van der Waals surface area contributed by atoms with E-state index in [1.54, 1.807) is 6.08 Å². The third-order valence-corrected chi connectivity index (χ3v) is 9.21. The summed E-state index contributed by atoms with van der Waals surface area (Å²) in [7, 11) is 0. The lowest BCUT2D eigenvalue weighted by atomic mass is 10.0. The first-order valence-corrected chi connectivity index (χ1v) is 21.3. The van der Waals surface area contributed by atoms with Crippen LogP contribution in [0, 0.1) is 0 Å². The lowest BCUT2D eigenvalue weighted by molar-refractivity contribution is -0.161. The second-order valence-corrected chi connectivity index (χ2v) is 14.3. The summed E-state index contributed by atoms with van der Waals surface area (Å²) in [6, 6.07) is 0. The van der Waals surface area contributed by atoms with Crippen molar-refractivity contribution in [2.45, 2.75) is 212 Å². The van der Waals surface area contributed by atoms with E-state index >= 15 is 0 Å². The molecule has 0 aliphatic rings. The van der Waals surface area contributed by atoms with Crippen LogP contribution in [0.3, 0.4) is 0 Å². The minimum Gasteiger partial charge on any atom is -0.462 e. The predicted octanol–water partition coefficient (Wildman–Crippen LogP) is 12.4. The van der Waals surface area contributed by atoms with Crippen molar-refractivity contribution < 1.29 is 29.3 Å². The minimum absolute atomic E-state index is 0.113. The molecule has 0 saturated heterocycles. The first-order chi connectivity index (χ1) is 25.0. The molecular formula is C45H80O6. The van der Waals surface area contributed by atoms with E-state index in [-0.39, 0.29) is 31.6 Å². The molecule has 296 valence electrons. The summed E-state index contributed by atoms with van der Waals surface area (Å²) < 4.78 is 10.6. The molecule has 0 amide bonds. The Hall–Kier alpha value is -2.18. The van der Waals surface area contributed by atoms with Crippen molar-refractivity contribution in [2.24, 2.45) is 0 Å². The molecule has 0 rings (SSSR count). The van der Waals surface area contributed by atoms with E-state index in [2.05, 4.69) is 26.0 Å². The van der Waals surface area contributed by atoms with Gasteiger partial charge in [-0.2, -0.15) is 0 Å². The van der Waals surface area contributed by atoms with Crippen molar-refractivity contribution in [3.63, 3.8) is 0 Å². The average molecular weight is 717 g/mol. The average Bonchev–Trinajstić information content (AvgIpc) is 3.13. The van der Waals surface area contributed by atoms with Crippen molar-refractivity contribution in [1.29, 1.82) is 0 Å². The molecule has 0 fully saturated rings. The Balaban J connectivity index is 3.66. The maximum absolute atomic E-state index is 12.2. The molecule has 0 aliphatic carbocycles. The van der Waals surface area contributed by atoms with Crippen LogP contribution < -0.4 is 0 Å². The Kier molecular flexibility index (Phi) is 38.9. The highest BCUT2D eigenvalue weighted by Gasteiger charge is 2.16. The van der Waals surface area contributed by atoms with Crippen molar-refractivity contribution in [2.75, 3.05) is 13.2 Å². The van der Waals surface area contributed by atoms with E-state index in [0.29, 0.717) is 19.3 Å². The number of rotatable bonds is 38. The molecule has 0 bridgehead atoms. The Morgan fingerprint density at radius 2 is 1.04 bits per heavy atom. The van der Waals surface area contributed by atoms with Gasteiger partial charge in [0.25, 0.3) is 0 Å². The number of aliphatic hydroxyl groups is 2. The van der Waals surface area contributed by atoms with Gasteiger partial charge >= 0.3 is 11.9 Å². The van der Waals surface area contributed by atoms with Crippen LogP contribution in [0.15, 0.2) is 48.6 Å². The standard InChI is InChI=1S/C45H80O6/c1-3-5-7-9-11-12-13-14-15-16-17-18-19-20-21-22-27-31-35-39-45(49)51-43(40-46)41-50-44(48)38-34-30-26-24-23-25-29-33-37-42(47)36-32-28-10-8-6-4-2/h24-26,28-29,32-33,37,42-43,46-47H,3-23,27,30-31,34-36,38-41H2,1-2H3/b26-24-,29-25-,32-28-,37-33+/t42-,43+/m1/s1. The van der Waals surface area contributed by atoms with Gasteiger partial charge in [0.2, 0.25) is 0 Å². The molecule has 2 atom stereocenters. The van der Waals surface area contributed by atoms with Gasteiger partial charge in [-0.25, -0.2) is 0 Å². The SMILES string of the molecule is CCCCC/C=C\C[C@@H](O)/C=C/C=C\C/C=C\CCCC(=O)OC[C@H](CO)OC(=O)CCCCCCCCCCCCCCCCCCCCC. The second kappa shape index (κ2) is 40.6. The van der Waals surface area contributed by atoms with Crippen LogP contribution >= 0.6 is 0 Å². The Labute approximate surface area is 314 Å². The molecule has 0 unspecified atom stereocenters. The van der Waals surface area contributed by atoms with Gasteiger partial charge in [0.1, 0.15) is 6.61 Å². The van der Waals surface area contributed by atoms with Crippen LogP contribution in [0.4, 0.5) is 0 Å². The molecular weight excluding hydrogens is 636 g/mol. The van der Waals surface area contributed by atoms with Gasteiger partial charge in [-0.1, -0.05) is 191 Å². The first kappa shape index (κ1) is 48.8. The van der Waals surface area contributed by atoms with Gasteiger partial charge in [0, 0.05) is 12.8 Å².